The molecule has 100 valence electrons. The summed E-state index contributed by atoms with van der Waals surface area (Å²) in [5.41, 5.74) is 2.21. The Kier molecular flexibility index (Phi) is 3.95. The van der Waals surface area contributed by atoms with Crippen molar-refractivity contribution in [1.29, 1.82) is 0 Å². The van der Waals surface area contributed by atoms with Gasteiger partial charge in [0.1, 0.15) is 0 Å². The second-order valence-corrected chi connectivity index (χ2v) is 5.26. The van der Waals surface area contributed by atoms with Crippen molar-refractivity contribution >= 4 is 0 Å². The van der Waals surface area contributed by atoms with Crippen LogP contribution in [0.5, 0.6) is 0 Å². The van der Waals surface area contributed by atoms with E-state index in [1.807, 2.05) is 26.4 Å². The maximum Gasteiger partial charge on any atom is 0.248 e. The maximum atomic E-state index is 13.2. The Labute approximate surface area is 107 Å². The minimum atomic E-state index is -2.46. The van der Waals surface area contributed by atoms with Crippen LogP contribution in [-0.4, -0.2) is 18.0 Å². The number of pyridine rings is 1. The molecule has 1 fully saturated rings. The van der Waals surface area contributed by atoms with Crippen molar-refractivity contribution in [2.45, 2.75) is 44.6 Å². The third-order valence-electron chi connectivity index (χ3n) is 3.80. The zero-order valence-electron chi connectivity index (χ0n) is 10.9. The smallest absolute Gasteiger partial charge is 0.248 e. The van der Waals surface area contributed by atoms with Crippen molar-refractivity contribution < 1.29 is 8.78 Å². The highest BCUT2D eigenvalue weighted by molar-refractivity contribution is 5.21. The van der Waals surface area contributed by atoms with Gasteiger partial charge in [-0.05, 0) is 43.9 Å². The molecule has 0 bridgehead atoms. The van der Waals surface area contributed by atoms with E-state index in [1.165, 1.54) is 0 Å². The largest absolute Gasteiger partial charge is 0.313 e. The van der Waals surface area contributed by atoms with Crippen molar-refractivity contribution in [3.8, 4) is 0 Å². The predicted molar refractivity (Wildman–Crippen MR) is 67.7 cm³/mol. The first-order chi connectivity index (χ1) is 8.52. The number of rotatable bonds is 3. The van der Waals surface area contributed by atoms with Crippen molar-refractivity contribution in [2.75, 3.05) is 7.05 Å². The molecule has 1 atom stereocenters. The first kappa shape index (κ1) is 13.4. The molecule has 18 heavy (non-hydrogen) atoms. The number of aryl methyl sites for hydroxylation is 1. The van der Waals surface area contributed by atoms with Gasteiger partial charge in [0.05, 0.1) is 0 Å². The molecule has 0 aromatic carbocycles. The average Bonchev–Trinajstić information content (AvgIpc) is 2.32. The van der Waals surface area contributed by atoms with Crippen LogP contribution in [0.1, 0.15) is 42.9 Å². The molecule has 0 saturated heterocycles. The van der Waals surface area contributed by atoms with E-state index in [2.05, 4.69) is 16.4 Å². The monoisotopic (exact) mass is 254 g/mol. The molecular weight excluding hydrogens is 234 g/mol. The van der Waals surface area contributed by atoms with Crippen LogP contribution in [0.15, 0.2) is 18.5 Å². The summed E-state index contributed by atoms with van der Waals surface area (Å²) in [6.07, 6.45) is 4.81. The highest BCUT2D eigenvalue weighted by Gasteiger charge is 2.37. The lowest BCUT2D eigenvalue weighted by atomic mass is 9.80. The molecule has 1 saturated carbocycles. The molecule has 2 rings (SSSR count). The lowest BCUT2D eigenvalue weighted by molar-refractivity contribution is -0.0495. The van der Waals surface area contributed by atoms with Gasteiger partial charge in [0.2, 0.25) is 5.92 Å². The summed E-state index contributed by atoms with van der Waals surface area (Å²) in [5.74, 6) is -2.18. The normalized spacial score (nSPS) is 21.8. The summed E-state index contributed by atoms with van der Waals surface area (Å²) in [6.45, 7) is 2.00. The van der Waals surface area contributed by atoms with E-state index in [-0.39, 0.29) is 24.8 Å². The molecule has 1 aliphatic rings. The molecular formula is C14H20F2N2. The number of alkyl halides is 2. The quantitative estimate of drug-likeness (QED) is 0.893. The van der Waals surface area contributed by atoms with E-state index in [9.17, 15) is 8.78 Å². The average molecular weight is 254 g/mol. The molecule has 0 spiro atoms. The van der Waals surface area contributed by atoms with E-state index >= 15 is 0 Å². The highest BCUT2D eigenvalue weighted by Crippen LogP contribution is 2.41. The number of nitrogens with zero attached hydrogens (tertiary/aromatic N) is 1. The van der Waals surface area contributed by atoms with Gasteiger partial charge in [-0.25, -0.2) is 8.78 Å². The van der Waals surface area contributed by atoms with E-state index in [4.69, 9.17) is 0 Å². The third kappa shape index (κ3) is 3.05. The van der Waals surface area contributed by atoms with Gasteiger partial charge in [-0.1, -0.05) is 6.07 Å². The standard InChI is InChI=1S/C14H20F2N2/c1-10-7-12(9-18-8-10)13(17-2)11-3-5-14(15,16)6-4-11/h7-9,11,13,17H,3-6H2,1-2H3. The summed E-state index contributed by atoms with van der Waals surface area (Å²) >= 11 is 0. The summed E-state index contributed by atoms with van der Waals surface area (Å²) in [4.78, 5) is 4.19. The number of aromatic nitrogens is 1. The fourth-order valence-corrected chi connectivity index (χ4v) is 2.82. The lowest BCUT2D eigenvalue weighted by Crippen LogP contribution is -2.32. The van der Waals surface area contributed by atoms with E-state index in [0.29, 0.717) is 12.8 Å². The van der Waals surface area contributed by atoms with Crippen LogP contribution >= 0.6 is 0 Å². The Morgan fingerprint density at radius 3 is 2.56 bits per heavy atom. The number of nitrogens with one attached hydrogen (secondary N) is 1. The zero-order chi connectivity index (χ0) is 13.2. The molecule has 4 heteroatoms. The van der Waals surface area contributed by atoms with Gasteiger partial charge in [0.25, 0.3) is 0 Å². The zero-order valence-corrected chi connectivity index (χ0v) is 10.9. The van der Waals surface area contributed by atoms with Crippen LogP contribution in [0.3, 0.4) is 0 Å². The van der Waals surface area contributed by atoms with Gasteiger partial charge >= 0.3 is 0 Å². The predicted octanol–water partition coefficient (Wildman–Crippen LogP) is 3.48. The maximum absolute atomic E-state index is 13.2. The molecule has 1 aromatic heterocycles. The third-order valence-corrected chi connectivity index (χ3v) is 3.80. The molecule has 1 aromatic rings. The van der Waals surface area contributed by atoms with E-state index in [0.717, 1.165) is 11.1 Å². The molecule has 0 amide bonds. The Balaban J connectivity index is 2.10. The fourth-order valence-electron chi connectivity index (χ4n) is 2.82. The molecule has 0 radical (unpaired) electrons. The van der Waals surface area contributed by atoms with Gasteiger partial charge in [-0.2, -0.15) is 0 Å². The van der Waals surface area contributed by atoms with Gasteiger partial charge in [-0.15, -0.1) is 0 Å². The van der Waals surface area contributed by atoms with Gasteiger partial charge < -0.3 is 5.32 Å². The molecule has 0 aliphatic heterocycles. The lowest BCUT2D eigenvalue weighted by Gasteiger charge is -2.33. The fraction of sp³-hybridized carbons (Fsp3) is 0.643. The number of halogens is 2. The first-order valence-corrected chi connectivity index (χ1v) is 6.48. The number of hydrogen-bond donors (Lipinski definition) is 1. The summed E-state index contributed by atoms with van der Waals surface area (Å²) < 4.78 is 26.4. The molecule has 1 heterocycles. The van der Waals surface area contributed by atoms with Crippen molar-refractivity contribution in [1.82, 2.24) is 10.3 Å². The van der Waals surface area contributed by atoms with Crippen LogP contribution in [0.4, 0.5) is 8.78 Å². The summed E-state index contributed by atoms with van der Waals surface area (Å²) in [5, 5.41) is 3.26. The van der Waals surface area contributed by atoms with Crippen LogP contribution < -0.4 is 5.32 Å². The molecule has 1 unspecified atom stereocenters. The minimum absolute atomic E-state index is 0.00902. The SMILES string of the molecule is CNC(c1cncc(C)c1)C1CCC(F)(F)CC1. The summed E-state index contributed by atoms with van der Waals surface area (Å²) in [6, 6.07) is 2.22. The second kappa shape index (κ2) is 5.31. The molecule has 1 N–H and O–H groups in total. The minimum Gasteiger partial charge on any atom is -0.313 e. The summed E-state index contributed by atoms with van der Waals surface area (Å²) in [7, 11) is 1.89. The van der Waals surface area contributed by atoms with Crippen molar-refractivity contribution in [3.63, 3.8) is 0 Å². The van der Waals surface area contributed by atoms with Gasteiger partial charge in [0.15, 0.2) is 0 Å². The Morgan fingerprint density at radius 2 is 2.00 bits per heavy atom. The highest BCUT2D eigenvalue weighted by atomic mass is 19.3. The van der Waals surface area contributed by atoms with Crippen molar-refractivity contribution in [2.24, 2.45) is 5.92 Å². The van der Waals surface area contributed by atoms with Crippen LogP contribution in [0.2, 0.25) is 0 Å². The topological polar surface area (TPSA) is 24.9 Å². The van der Waals surface area contributed by atoms with Gasteiger partial charge in [0, 0.05) is 31.3 Å². The van der Waals surface area contributed by atoms with Crippen LogP contribution in [0, 0.1) is 12.8 Å². The van der Waals surface area contributed by atoms with Crippen LogP contribution in [0.25, 0.3) is 0 Å². The van der Waals surface area contributed by atoms with Crippen molar-refractivity contribution in [3.05, 3.63) is 29.6 Å². The molecule has 1 aliphatic carbocycles. The molecule has 2 nitrogen and oxygen atoms in total. The Bertz CT molecular complexity index is 397. The Hall–Kier alpha value is -1.03. The number of hydrogen-bond acceptors (Lipinski definition) is 2. The van der Waals surface area contributed by atoms with E-state index < -0.39 is 5.92 Å². The second-order valence-electron chi connectivity index (χ2n) is 5.26. The van der Waals surface area contributed by atoms with E-state index in [1.54, 1.807) is 0 Å². The first-order valence-electron chi connectivity index (χ1n) is 6.48. The van der Waals surface area contributed by atoms with Gasteiger partial charge in [-0.3, -0.25) is 4.98 Å². The van der Waals surface area contributed by atoms with Crippen LogP contribution in [-0.2, 0) is 0 Å². The Morgan fingerprint density at radius 1 is 1.33 bits per heavy atom.